The van der Waals surface area contributed by atoms with Crippen molar-refractivity contribution in [1.29, 1.82) is 0 Å². The predicted molar refractivity (Wildman–Crippen MR) is 96.7 cm³/mol. The first-order valence-electron chi connectivity index (χ1n) is 8.00. The Kier molecular flexibility index (Phi) is 4.03. The van der Waals surface area contributed by atoms with Crippen molar-refractivity contribution in [2.24, 2.45) is 0 Å². The summed E-state index contributed by atoms with van der Waals surface area (Å²) in [4.78, 5) is 20.6. The number of aromatic hydroxyl groups is 1. The first kappa shape index (κ1) is 17.9. The van der Waals surface area contributed by atoms with E-state index in [9.17, 15) is 22.7 Å². The van der Waals surface area contributed by atoms with Crippen molar-refractivity contribution in [1.82, 2.24) is 15.3 Å². The number of benzene rings is 1. The average molecular weight is 404 g/mol. The van der Waals surface area contributed by atoms with Crippen LogP contribution in [0.1, 0.15) is 16.1 Å². The lowest BCUT2D eigenvalue weighted by atomic mass is 10.1. The molecule has 2 bridgehead atoms. The number of anilines is 1. The number of carbonyl (C=O) groups excluding carboxylic acids is 1. The maximum atomic E-state index is 13.6. The fourth-order valence-corrected chi connectivity index (χ4v) is 3.64. The summed E-state index contributed by atoms with van der Waals surface area (Å²) in [5, 5.41) is 13.1. The Bertz CT molecular complexity index is 1230. The summed E-state index contributed by atoms with van der Waals surface area (Å²) in [6.45, 7) is -0.176. The Morgan fingerprint density at radius 2 is 2.11 bits per heavy atom. The number of pyridine rings is 2. The first-order valence-corrected chi connectivity index (χ1v) is 9.37. The van der Waals surface area contributed by atoms with E-state index in [4.69, 9.17) is 4.18 Å². The SMILES string of the molecule is CN1c2nc(c(O)c3ncccc23)C(=O)NCc2ccc(F)cc2OS1(=O)=O. The smallest absolute Gasteiger partial charge is 0.410 e. The normalized spacial score (nSPS) is 15.9. The zero-order valence-electron chi connectivity index (χ0n) is 14.4. The van der Waals surface area contributed by atoms with Gasteiger partial charge in [-0.1, -0.05) is 6.07 Å². The minimum Gasteiger partial charge on any atom is -0.504 e. The second-order valence-electron chi connectivity index (χ2n) is 5.98. The third-order valence-corrected chi connectivity index (χ3v) is 5.46. The fraction of sp³-hybridized carbons (Fsp3) is 0.118. The predicted octanol–water partition coefficient (Wildman–Crippen LogP) is 1.48. The van der Waals surface area contributed by atoms with E-state index in [1.54, 1.807) is 0 Å². The number of aromatic nitrogens is 2. The number of halogens is 1. The van der Waals surface area contributed by atoms with Crippen LogP contribution < -0.4 is 13.8 Å². The van der Waals surface area contributed by atoms with Gasteiger partial charge < -0.3 is 14.6 Å². The molecule has 3 aromatic rings. The third kappa shape index (κ3) is 2.85. The minimum atomic E-state index is -4.47. The maximum absolute atomic E-state index is 13.6. The van der Waals surface area contributed by atoms with Crippen LogP contribution in [-0.4, -0.2) is 36.4 Å². The van der Waals surface area contributed by atoms with Gasteiger partial charge in [-0.05, 0) is 18.2 Å². The van der Waals surface area contributed by atoms with Crippen molar-refractivity contribution in [3.8, 4) is 11.5 Å². The molecule has 1 aromatic carbocycles. The number of nitrogens with one attached hydrogen (secondary N) is 1. The van der Waals surface area contributed by atoms with Gasteiger partial charge in [0, 0.05) is 36.8 Å². The number of amides is 1. The standard InChI is InChI=1S/C17H13FN4O5S/c1-22-16-11-3-2-6-19-13(11)15(23)14(21-16)17(24)20-8-9-4-5-10(18)7-12(9)27-28(22,25)26/h2-7,23H,8H2,1H3,(H,20,24). The molecule has 0 saturated carbocycles. The van der Waals surface area contributed by atoms with Gasteiger partial charge in [0.2, 0.25) is 0 Å². The van der Waals surface area contributed by atoms with Crippen LogP contribution in [0.2, 0.25) is 0 Å². The van der Waals surface area contributed by atoms with E-state index in [1.807, 2.05) is 0 Å². The van der Waals surface area contributed by atoms with Crippen LogP contribution in [0.5, 0.6) is 11.5 Å². The highest BCUT2D eigenvalue weighted by molar-refractivity contribution is 7.88. The molecule has 2 aromatic heterocycles. The Morgan fingerprint density at radius 1 is 1.32 bits per heavy atom. The zero-order chi connectivity index (χ0) is 20.1. The second-order valence-corrected chi connectivity index (χ2v) is 7.55. The van der Waals surface area contributed by atoms with Crippen molar-refractivity contribution in [2.45, 2.75) is 6.54 Å². The number of hydrogen-bond acceptors (Lipinski definition) is 7. The minimum absolute atomic E-state index is 0.00232. The highest BCUT2D eigenvalue weighted by atomic mass is 32.2. The Hall–Kier alpha value is -3.47. The number of carbonyl (C=O) groups is 1. The number of fused-ring (bicyclic) bond motifs is 5. The van der Waals surface area contributed by atoms with Crippen molar-refractivity contribution in [3.63, 3.8) is 0 Å². The zero-order valence-corrected chi connectivity index (χ0v) is 15.2. The first-order chi connectivity index (χ1) is 13.3. The van der Waals surface area contributed by atoms with E-state index in [0.717, 1.165) is 12.1 Å². The molecule has 11 heteroatoms. The molecule has 0 radical (unpaired) electrons. The molecule has 0 aliphatic carbocycles. The molecule has 0 saturated heterocycles. The molecule has 2 N–H and O–H groups in total. The van der Waals surface area contributed by atoms with Gasteiger partial charge in [0.05, 0.1) is 0 Å². The van der Waals surface area contributed by atoms with Crippen LogP contribution >= 0.6 is 0 Å². The quantitative estimate of drug-likeness (QED) is 0.582. The highest BCUT2D eigenvalue weighted by Crippen LogP contribution is 2.34. The van der Waals surface area contributed by atoms with Gasteiger partial charge >= 0.3 is 10.3 Å². The number of rotatable bonds is 0. The molecule has 0 spiro atoms. The van der Waals surface area contributed by atoms with Crippen molar-refractivity contribution >= 4 is 32.9 Å². The van der Waals surface area contributed by atoms with Gasteiger partial charge in [0.25, 0.3) is 5.91 Å². The third-order valence-electron chi connectivity index (χ3n) is 4.23. The van der Waals surface area contributed by atoms with Crippen molar-refractivity contribution < 1.29 is 26.9 Å². The van der Waals surface area contributed by atoms with Crippen LogP contribution in [-0.2, 0) is 16.8 Å². The second kappa shape index (κ2) is 6.30. The average Bonchev–Trinajstić information content (AvgIpc) is 2.67. The Balaban J connectivity index is 2.00. The summed E-state index contributed by atoms with van der Waals surface area (Å²) in [5.74, 6) is -2.39. The van der Waals surface area contributed by atoms with Crippen LogP contribution in [0.4, 0.5) is 10.2 Å². The van der Waals surface area contributed by atoms with E-state index >= 15 is 0 Å². The fourth-order valence-electron chi connectivity index (χ4n) is 2.79. The topological polar surface area (TPSA) is 122 Å². The van der Waals surface area contributed by atoms with Gasteiger partial charge in [-0.3, -0.25) is 9.78 Å². The van der Waals surface area contributed by atoms with Crippen LogP contribution in [0.25, 0.3) is 10.9 Å². The summed E-state index contributed by atoms with van der Waals surface area (Å²) in [6, 6.07) is 6.32. The van der Waals surface area contributed by atoms with Gasteiger partial charge in [-0.2, -0.15) is 8.42 Å². The van der Waals surface area contributed by atoms with Crippen molar-refractivity contribution in [2.75, 3.05) is 11.4 Å². The lowest BCUT2D eigenvalue weighted by Gasteiger charge is -2.20. The molecule has 0 fully saturated rings. The van der Waals surface area contributed by atoms with E-state index < -0.39 is 33.5 Å². The molecule has 1 amide bonds. The molecular formula is C17H13FN4O5S. The molecular weight excluding hydrogens is 391 g/mol. The molecule has 0 unspecified atom stereocenters. The molecule has 4 rings (SSSR count). The molecule has 1 aliphatic heterocycles. The maximum Gasteiger partial charge on any atom is 0.410 e. The van der Waals surface area contributed by atoms with E-state index in [-0.39, 0.29) is 34.6 Å². The Morgan fingerprint density at radius 3 is 2.89 bits per heavy atom. The van der Waals surface area contributed by atoms with E-state index in [2.05, 4.69) is 15.3 Å². The Labute approximate surface area is 158 Å². The summed E-state index contributed by atoms with van der Waals surface area (Å²) in [6.07, 6.45) is 1.38. The molecule has 3 heterocycles. The van der Waals surface area contributed by atoms with E-state index in [0.29, 0.717) is 4.31 Å². The monoisotopic (exact) mass is 404 g/mol. The highest BCUT2D eigenvalue weighted by Gasteiger charge is 2.30. The molecule has 9 nitrogen and oxygen atoms in total. The summed E-state index contributed by atoms with van der Waals surface area (Å²) in [5.41, 5.74) is -0.166. The summed E-state index contributed by atoms with van der Waals surface area (Å²) < 4.78 is 45.0. The van der Waals surface area contributed by atoms with Gasteiger partial charge in [-0.15, -0.1) is 0 Å². The number of nitrogens with zero attached hydrogens (tertiary/aromatic N) is 3. The van der Waals surface area contributed by atoms with Gasteiger partial charge in [-0.25, -0.2) is 13.7 Å². The molecule has 144 valence electrons. The van der Waals surface area contributed by atoms with E-state index in [1.165, 1.54) is 31.4 Å². The van der Waals surface area contributed by atoms with Gasteiger partial charge in [0.1, 0.15) is 11.3 Å². The number of hydrogen-bond donors (Lipinski definition) is 2. The van der Waals surface area contributed by atoms with Gasteiger partial charge in [0.15, 0.2) is 23.0 Å². The molecule has 28 heavy (non-hydrogen) atoms. The van der Waals surface area contributed by atoms with Crippen LogP contribution in [0, 0.1) is 5.82 Å². The lowest BCUT2D eigenvalue weighted by molar-refractivity contribution is 0.0943. The van der Waals surface area contributed by atoms with Crippen molar-refractivity contribution in [3.05, 3.63) is 53.6 Å². The lowest BCUT2D eigenvalue weighted by Crippen LogP contribution is -2.32. The largest absolute Gasteiger partial charge is 0.504 e. The molecule has 1 aliphatic rings. The molecule has 0 atom stereocenters. The summed E-state index contributed by atoms with van der Waals surface area (Å²) in [7, 11) is -3.30. The van der Waals surface area contributed by atoms with Crippen LogP contribution in [0.3, 0.4) is 0 Å². The summed E-state index contributed by atoms with van der Waals surface area (Å²) >= 11 is 0. The van der Waals surface area contributed by atoms with Crippen LogP contribution in [0.15, 0.2) is 36.5 Å².